The molecule has 3 nitrogen and oxygen atoms in total. The Kier molecular flexibility index (Phi) is 3.85. The fourth-order valence-electron chi connectivity index (χ4n) is 1.76. The molecule has 0 spiro atoms. The molecule has 17 heavy (non-hydrogen) atoms. The molecule has 3 heteroatoms. The van der Waals surface area contributed by atoms with Gasteiger partial charge in [0.25, 0.3) is 0 Å². The van der Waals surface area contributed by atoms with Crippen LogP contribution in [0.2, 0.25) is 0 Å². The normalized spacial score (nSPS) is 12.6. The van der Waals surface area contributed by atoms with E-state index in [0.29, 0.717) is 0 Å². The summed E-state index contributed by atoms with van der Waals surface area (Å²) in [4.78, 5) is 4.42. The Labute approximate surface area is 102 Å². The van der Waals surface area contributed by atoms with Crippen LogP contribution in [0.25, 0.3) is 0 Å². The Morgan fingerprint density at radius 1 is 1.00 bits per heavy atom. The van der Waals surface area contributed by atoms with Crippen LogP contribution in [0.4, 0.5) is 0 Å². The van der Waals surface area contributed by atoms with E-state index in [2.05, 4.69) is 22.5 Å². The van der Waals surface area contributed by atoms with Gasteiger partial charge in [-0.3, -0.25) is 4.98 Å². The molecular formula is C14H17N3. The van der Waals surface area contributed by atoms with Gasteiger partial charge in [0.1, 0.15) is 0 Å². The molecule has 1 aromatic carbocycles. The molecule has 1 aromatic heterocycles. The molecule has 0 saturated heterocycles. The maximum atomic E-state index is 4.42. The molecule has 0 fully saturated rings. The third-order valence-electron chi connectivity index (χ3n) is 2.50. The second-order valence-corrected chi connectivity index (χ2v) is 4.12. The molecule has 1 heterocycles. The molecular weight excluding hydrogens is 210 g/mol. The predicted octanol–water partition coefficient (Wildman–Crippen LogP) is 2.24. The molecule has 88 valence electrons. The van der Waals surface area contributed by atoms with Gasteiger partial charge in [-0.2, -0.15) is 0 Å². The van der Waals surface area contributed by atoms with Crippen molar-refractivity contribution in [3.05, 3.63) is 66.0 Å². The maximum Gasteiger partial charge on any atom is 0.0885 e. The maximum absolute atomic E-state index is 4.42. The average Bonchev–Trinajstić information content (AvgIpc) is 2.38. The minimum atomic E-state index is 0.0902. The summed E-state index contributed by atoms with van der Waals surface area (Å²) in [6.07, 6.45) is 1.82. The highest BCUT2D eigenvalue weighted by atomic mass is 15.5. The van der Waals surface area contributed by atoms with E-state index in [0.717, 1.165) is 5.69 Å². The second kappa shape index (κ2) is 5.57. The average molecular weight is 227 g/mol. The molecule has 2 aromatic rings. The minimum absolute atomic E-state index is 0.0902. The van der Waals surface area contributed by atoms with Gasteiger partial charge in [0.15, 0.2) is 0 Å². The van der Waals surface area contributed by atoms with E-state index in [1.165, 1.54) is 5.56 Å². The molecule has 1 atom stereocenters. The lowest BCUT2D eigenvalue weighted by Crippen LogP contribution is -2.35. The van der Waals surface area contributed by atoms with Crippen LogP contribution in [-0.2, 0) is 0 Å². The fraction of sp³-hybridized carbons (Fsp3) is 0.214. The Bertz CT molecular complexity index is 400. The van der Waals surface area contributed by atoms with Crippen molar-refractivity contribution in [3.8, 4) is 0 Å². The quantitative estimate of drug-likeness (QED) is 0.812. The highest BCUT2D eigenvalue weighted by Gasteiger charge is 2.14. The summed E-state index contributed by atoms with van der Waals surface area (Å²) in [7, 11) is 3.97. The van der Waals surface area contributed by atoms with Gasteiger partial charge in [0, 0.05) is 20.3 Å². The van der Waals surface area contributed by atoms with Gasteiger partial charge in [-0.15, -0.1) is 0 Å². The Morgan fingerprint density at radius 2 is 1.71 bits per heavy atom. The molecule has 1 N–H and O–H groups in total. The first-order chi connectivity index (χ1) is 8.27. The van der Waals surface area contributed by atoms with Gasteiger partial charge in [0.2, 0.25) is 0 Å². The molecule has 0 aliphatic heterocycles. The van der Waals surface area contributed by atoms with Crippen molar-refractivity contribution in [3.63, 3.8) is 0 Å². The number of nitrogens with zero attached hydrogens (tertiary/aromatic N) is 2. The topological polar surface area (TPSA) is 28.2 Å². The smallest absolute Gasteiger partial charge is 0.0885 e. The van der Waals surface area contributed by atoms with Gasteiger partial charge in [0.05, 0.1) is 11.7 Å². The highest BCUT2D eigenvalue weighted by Crippen LogP contribution is 2.19. The van der Waals surface area contributed by atoms with Crippen molar-refractivity contribution in [1.29, 1.82) is 0 Å². The highest BCUT2D eigenvalue weighted by molar-refractivity contribution is 5.27. The monoisotopic (exact) mass is 227 g/mol. The Morgan fingerprint density at radius 3 is 2.29 bits per heavy atom. The largest absolute Gasteiger partial charge is 0.259 e. The van der Waals surface area contributed by atoms with Gasteiger partial charge in [-0.1, -0.05) is 36.4 Å². The third kappa shape index (κ3) is 3.12. The lowest BCUT2D eigenvalue weighted by molar-refractivity contribution is 0.259. The van der Waals surface area contributed by atoms with Crippen LogP contribution in [0.5, 0.6) is 0 Å². The summed E-state index contributed by atoms with van der Waals surface area (Å²) in [5.41, 5.74) is 5.61. The van der Waals surface area contributed by atoms with Crippen LogP contribution in [0.15, 0.2) is 54.7 Å². The number of hydrogen-bond donors (Lipinski definition) is 1. The van der Waals surface area contributed by atoms with Crippen molar-refractivity contribution in [2.24, 2.45) is 0 Å². The zero-order valence-electron chi connectivity index (χ0n) is 10.2. The number of rotatable bonds is 4. The van der Waals surface area contributed by atoms with E-state index in [-0.39, 0.29) is 6.04 Å². The number of pyridine rings is 1. The second-order valence-electron chi connectivity index (χ2n) is 4.12. The molecule has 0 aliphatic rings. The van der Waals surface area contributed by atoms with E-state index in [1.807, 2.05) is 61.7 Å². The van der Waals surface area contributed by atoms with E-state index >= 15 is 0 Å². The van der Waals surface area contributed by atoms with Crippen LogP contribution in [0, 0.1) is 0 Å². The minimum Gasteiger partial charge on any atom is -0.259 e. The zero-order valence-corrected chi connectivity index (χ0v) is 10.2. The predicted molar refractivity (Wildman–Crippen MR) is 69.3 cm³/mol. The zero-order chi connectivity index (χ0) is 12.1. The van der Waals surface area contributed by atoms with Crippen LogP contribution >= 0.6 is 0 Å². The van der Waals surface area contributed by atoms with Gasteiger partial charge in [-0.05, 0) is 17.7 Å². The SMILES string of the molecule is CN(C)NC(c1ccccc1)c1ccccn1. The molecule has 0 radical (unpaired) electrons. The summed E-state index contributed by atoms with van der Waals surface area (Å²) in [5.74, 6) is 0. The number of nitrogens with one attached hydrogen (secondary N) is 1. The molecule has 0 aliphatic carbocycles. The summed E-state index contributed by atoms with van der Waals surface area (Å²) < 4.78 is 0. The van der Waals surface area contributed by atoms with E-state index < -0.39 is 0 Å². The standard InChI is InChI=1S/C14H17N3/c1-17(2)16-14(12-8-4-3-5-9-12)13-10-6-7-11-15-13/h3-11,14,16H,1-2H3. The van der Waals surface area contributed by atoms with Crippen LogP contribution in [-0.4, -0.2) is 24.1 Å². The first kappa shape index (κ1) is 11.8. The fourth-order valence-corrected chi connectivity index (χ4v) is 1.76. The summed E-state index contributed by atoms with van der Waals surface area (Å²) in [6, 6.07) is 16.4. The van der Waals surface area contributed by atoms with Gasteiger partial charge < -0.3 is 0 Å². The van der Waals surface area contributed by atoms with Crippen molar-refractivity contribution in [2.75, 3.05) is 14.1 Å². The van der Waals surface area contributed by atoms with Crippen LogP contribution in [0.1, 0.15) is 17.3 Å². The van der Waals surface area contributed by atoms with E-state index in [9.17, 15) is 0 Å². The van der Waals surface area contributed by atoms with Crippen molar-refractivity contribution < 1.29 is 0 Å². The van der Waals surface area contributed by atoms with E-state index in [1.54, 1.807) is 0 Å². The first-order valence-electron chi connectivity index (χ1n) is 5.67. The number of hydrazine groups is 1. The Hall–Kier alpha value is -1.71. The van der Waals surface area contributed by atoms with Crippen LogP contribution < -0.4 is 5.43 Å². The van der Waals surface area contributed by atoms with Crippen molar-refractivity contribution >= 4 is 0 Å². The van der Waals surface area contributed by atoms with Crippen LogP contribution in [0.3, 0.4) is 0 Å². The lowest BCUT2D eigenvalue weighted by Gasteiger charge is -2.23. The third-order valence-corrected chi connectivity index (χ3v) is 2.50. The lowest BCUT2D eigenvalue weighted by atomic mass is 10.0. The van der Waals surface area contributed by atoms with Gasteiger partial charge in [-0.25, -0.2) is 10.4 Å². The molecule has 2 rings (SSSR count). The number of aromatic nitrogens is 1. The first-order valence-corrected chi connectivity index (χ1v) is 5.67. The number of benzene rings is 1. The summed E-state index contributed by atoms with van der Waals surface area (Å²) in [5, 5.41) is 1.95. The molecule has 0 amide bonds. The van der Waals surface area contributed by atoms with Crippen molar-refractivity contribution in [2.45, 2.75) is 6.04 Å². The van der Waals surface area contributed by atoms with Gasteiger partial charge >= 0.3 is 0 Å². The summed E-state index contributed by atoms with van der Waals surface area (Å²) in [6.45, 7) is 0. The van der Waals surface area contributed by atoms with E-state index in [4.69, 9.17) is 0 Å². The Balaban J connectivity index is 2.32. The molecule has 0 bridgehead atoms. The molecule has 0 saturated carbocycles. The van der Waals surface area contributed by atoms with Crippen molar-refractivity contribution in [1.82, 2.24) is 15.4 Å². The molecule has 1 unspecified atom stereocenters. The number of hydrogen-bond acceptors (Lipinski definition) is 3. The summed E-state index contributed by atoms with van der Waals surface area (Å²) >= 11 is 0.